The number of aromatic nitrogens is 3. The zero-order chi connectivity index (χ0) is 14.2. The molecule has 104 valence electrons. The Kier molecular flexibility index (Phi) is 4.51. The third-order valence-electron chi connectivity index (χ3n) is 3.13. The van der Waals surface area contributed by atoms with Crippen LogP contribution in [0.1, 0.15) is 51.4 Å². The number of imidazole rings is 1. The van der Waals surface area contributed by atoms with Gasteiger partial charge in [0.05, 0.1) is 5.38 Å². The summed E-state index contributed by atoms with van der Waals surface area (Å²) in [7, 11) is 0. The molecule has 0 fully saturated rings. The van der Waals surface area contributed by atoms with E-state index < -0.39 is 0 Å². The number of alkyl halides is 1. The molecule has 2 aromatic heterocycles. The van der Waals surface area contributed by atoms with Crippen LogP contribution in [0.4, 0.5) is 0 Å². The number of nitrogens with zero attached hydrogens (tertiary/aromatic N) is 3. The van der Waals surface area contributed by atoms with Crippen LogP contribution in [-0.4, -0.2) is 14.5 Å². The zero-order valence-electron chi connectivity index (χ0n) is 11.7. The van der Waals surface area contributed by atoms with Crippen LogP contribution in [0.2, 0.25) is 0 Å². The Morgan fingerprint density at radius 2 is 2.00 bits per heavy atom. The molecule has 2 aromatic rings. The van der Waals surface area contributed by atoms with Crippen LogP contribution in [0.5, 0.6) is 0 Å². The number of halogens is 2. The van der Waals surface area contributed by atoms with Gasteiger partial charge < -0.3 is 4.57 Å². The predicted molar refractivity (Wildman–Crippen MR) is 83.7 cm³/mol. The molecule has 19 heavy (non-hydrogen) atoms. The van der Waals surface area contributed by atoms with Gasteiger partial charge in [-0.3, -0.25) is 0 Å². The van der Waals surface area contributed by atoms with Gasteiger partial charge in [-0.2, -0.15) is 0 Å². The summed E-state index contributed by atoms with van der Waals surface area (Å²) in [5, 5.41) is -0.123. The van der Waals surface area contributed by atoms with Gasteiger partial charge in [-0.1, -0.05) is 13.8 Å². The Morgan fingerprint density at radius 1 is 1.32 bits per heavy atom. The van der Waals surface area contributed by atoms with Crippen LogP contribution < -0.4 is 0 Å². The summed E-state index contributed by atoms with van der Waals surface area (Å²) in [4.78, 5) is 9.15. The van der Waals surface area contributed by atoms with Crippen LogP contribution >= 0.6 is 27.5 Å². The van der Waals surface area contributed by atoms with Crippen LogP contribution in [0, 0.1) is 5.92 Å². The van der Waals surface area contributed by atoms with Gasteiger partial charge in [0.1, 0.15) is 11.3 Å². The molecule has 0 saturated heterocycles. The first-order valence-electron chi connectivity index (χ1n) is 6.57. The van der Waals surface area contributed by atoms with Crippen molar-refractivity contribution in [3.05, 3.63) is 22.6 Å². The van der Waals surface area contributed by atoms with E-state index in [1.54, 1.807) is 0 Å². The van der Waals surface area contributed by atoms with Crippen molar-refractivity contribution in [2.45, 2.75) is 45.5 Å². The summed E-state index contributed by atoms with van der Waals surface area (Å²) in [6, 6.07) is 2.33. The maximum absolute atomic E-state index is 6.28. The molecule has 0 aromatic carbocycles. The monoisotopic (exact) mass is 343 g/mol. The van der Waals surface area contributed by atoms with Crippen molar-refractivity contribution in [2.75, 3.05) is 0 Å². The fraction of sp³-hybridized carbons (Fsp3) is 0.571. The van der Waals surface area contributed by atoms with E-state index in [-0.39, 0.29) is 5.38 Å². The second kappa shape index (κ2) is 5.80. The summed E-state index contributed by atoms with van der Waals surface area (Å²) in [6.45, 7) is 8.61. The van der Waals surface area contributed by atoms with Gasteiger partial charge >= 0.3 is 0 Å². The fourth-order valence-electron chi connectivity index (χ4n) is 2.48. The van der Waals surface area contributed by atoms with Crippen LogP contribution in [0.15, 0.2) is 16.7 Å². The fourth-order valence-corrected chi connectivity index (χ4v) is 2.95. The molecule has 0 amide bonds. The number of rotatable bonds is 4. The summed E-state index contributed by atoms with van der Waals surface area (Å²) >= 11 is 9.71. The van der Waals surface area contributed by atoms with Gasteiger partial charge in [0.15, 0.2) is 5.65 Å². The summed E-state index contributed by atoms with van der Waals surface area (Å²) in [5.41, 5.74) is 1.81. The maximum atomic E-state index is 6.28. The van der Waals surface area contributed by atoms with Crippen LogP contribution in [0.25, 0.3) is 11.2 Å². The first-order valence-corrected chi connectivity index (χ1v) is 7.80. The first-order chi connectivity index (χ1) is 8.90. The van der Waals surface area contributed by atoms with Crippen molar-refractivity contribution in [3.8, 4) is 0 Å². The lowest BCUT2D eigenvalue weighted by Crippen LogP contribution is -2.12. The molecule has 2 atom stereocenters. The lowest BCUT2D eigenvalue weighted by atomic mass is 10.0. The van der Waals surface area contributed by atoms with Crippen molar-refractivity contribution >= 4 is 38.7 Å². The van der Waals surface area contributed by atoms with E-state index in [2.05, 4.69) is 51.2 Å². The Balaban J connectivity index is 2.58. The van der Waals surface area contributed by atoms with Crippen LogP contribution in [-0.2, 0) is 0 Å². The van der Waals surface area contributed by atoms with Gasteiger partial charge in [-0.25, -0.2) is 9.97 Å². The quantitative estimate of drug-likeness (QED) is 0.722. The number of hydrogen-bond donors (Lipinski definition) is 0. The predicted octanol–water partition coefficient (Wildman–Crippen LogP) is 5.10. The minimum atomic E-state index is -0.123. The molecular formula is C14H19BrClN3. The van der Waals surface area contributed by atoms with Gasteiger partial charge in [-0.05, 0) is 48.2 Å². The van der Waals surface area contributed by atoms with E-state index >= 15 is 0 Å². The Bertz CT molecular complexity index is 577. The van der Waals surface area contributed by atoms with Crippen molar-refractivity contribution in [2.24, 2.45) is 5.92 Å². The second-order valence-electron chi connectivity index (χ2n) is 5.43. The normalized spacial score (nSPS) is 15.1. The topological polar surface area (TPSA) is 30.7 Å². The molecule has 0 N–H and O–H groups in total. The van der Waals surface area contributed by atoms with Crippen LogP contribution in [0.3, 0.4) is 0 Å². The number of fused-ring (bicyclic) bond motifs is 1. The minimum absolute atomic E-state index is 0.123. The van der Waals surface area contributed by atoms with E-state index in [0.717, 1.165) is 27.9 Å². The standard InChI is InChI=1S/C14H19BrClN3/c1-8(2)5-9(3)19-13(10(4)16)18-12-6-11(15)7-17-14(12)19/h6-10H,5H2,1-4H3. The zero-order valence-corrected chi connectivity index (χ0v) is 14.0. The molecule has 2 heterocycles. The van der Waals surface area contributed by atoms with Crippen molar-refractivity contribution in [1.29, 1.82) is 0 Å². The largest absolute Gasteiger partial charge is 0.309 e. The maximum Gasteiger partial charge on any atom is 0.160 e. The summed E-state index contributed by atoms with van der Waals surface area (Å²) in [6.07, 6.45) is 2.89. The molecule has 0 aliphatic rings. The molecule has 0 bridgehead atoms. The van der Waals surface area contributed by atoms with Gasteiger partial charge in [-0.15, -0.1) is 11.6 Å². The Morgan fingerprint density at radius 3 is 2.58 bits per heavy atom. The minimum Gasteiger partial charge on any atom is -0.309 e. The van der Waals surface area contributed by atoms with Gasteiger partial charge in [0, 0.05) is 16.7 Å². The summed E-state index contributed by atoms with van der Waals surface area (Å²) < 4.78 is 3.12. The van der Waals surface area contributed by atoms with Crippen molar-refractivity contribution in [3.63, 3.8) is 0 Å². The van der Waals surface area contributed by atoms with E-state index in [4.69, 9.17) is 11.6 Å². The number of pyridine rings is 1. The van der Waals surface area contributed by atoms with E-state index in [0.29, 0.717) is 12.0 Å². The highest BCUT2D eigenvalue weighted by molar-refractivity contribution is 9.10. The lowest BCUT2D eigenvalue weighted by Gasteiger charge is -2.19. The third-order valence-corrected chi connectivity index (χ3v) is 3.76. The molecule has 0 aliphatic heterocycles. The highest BCUT2D eigenvalue weighted by atomic mass is 79.9. The Hall–Kier alpha value is -0.610. The van der Waals surface area contributed by atoms with Crippen molar-refractivity contribution < 1.29 is 0 Å². The molecule has 3 nitrogen and oxygen atoms in total. The lowest BCUT2D eigenvalue weighted by molar-refractivity contribution is 0.424. The van der Waals surface area contributed by atoms with E-state index in [1.165, 1.54) is 0 Å². The third kappa shape index (κ3) is 3.11. The highest BCUT2D eigenvalue weighted by Crippen LogP contribution is 2.30. The highest BCUT2D eigenvalue weighted by Gasteiger charge is 2.20. The summed E-state index contributed by atoms with van der Waals surface area (Å²) in [5.74, 6) is 1.52. The smallest absolute Gasteiger partial charge is 0.160 e. The van der Waals surface area contributed by atoms with E-state index in [1.807, 2.05) is 19.2 Å². The SMILES string of the molecule is CC(C)CC(C)n1c(C(C)Cl)nc2cc(Br)cnc21. The second-order valence-corrected chi connectivity index (χ2v) is 7.00. The van der Waals surface area contributed by atoms with E-state index in [9.17, 15) is 0 Å². The molecule has 2 rings (SSSR count). The molecule has 0 spiro atoms. The molecule has 0 aliphatic carbocycles. The Labute approximate surface area is 127 Å². The average Bonchev–Trinajstić information content (AvgIpc) is 2.66. The van der Waals surface area contributed by atoms with Gasteiger partial charge in [0.25, 0.3) is 0 Å². The molecule has 2 unspecified atom stereocenters. The molecule has 0 radical (unpaired) electrons. The molecule has 0 saturated carbocycles. The number of hydrogen-bond acceptors (Lipinski definition) is 2. The molecule has 5 heteroatoms. The van der Waals surface area contributed by atoms with Gasteiger partial charge in [0.2, 0.25) is 0 Å². The molecular weight excluding hydrogens is 326 g/mol. The van der Waals surface area contributed by atoms with Crippen molar-refractivity contribution in [1.82, 2.24) is 14.5 Å². The average molecular weight is 345 g/mol. The first kappa shape index (κ1) is 14.8.